The van der Waals surface area contributed by atoms with Crippen LogP contribution in [0.25, 0.3) is 0 Å². The third-order valence-electron chi connectivity index (χ3n) is 2.80. The first-order chi connectivity index (χ1) is 8.91. The molecule has 1 heterocycles. The molecule has 1 aromatic heterocycles. The fourth-order valence-corrected chi connectivity index (χ4v) is 3.12. The molecule has 0 spiro atoms. The standard InChI is InChI=1S/C12H14FN3O2S/c1-9-3-4-11(13)5-12(9)19(17,18)16(2)8-10-6-14-15-7-10/h3-7H,8H2,1-2H3,(H,14,15). The Bertz CT molecular complexity index is 668. The van der Waals surface area contributed by atoms with E-state index in [0.717, 1.165) is 11.6 Å². The zero-order valence-corrected chi connectivity index (χ0v) is 11.4. The molecule has 7 heteroatoms. The van der Waals surface area contributed by atoms with Gasteiger partial charge in [-0.2, -0.15) is 9.40 Å². The van der Waals surface area contributed by atoms with Crippen LogP contribution >= 0.6 is 0 Å². The maximum absolute atomic E-state index is 13.2. The van der Waals surface area contributed by atoms with Crippen LogP contribution in [0.2, 0.25) is 0 Å². The fourth-order valence-electron chi connectivity index (χ4n) is 1.73. The number of nitrogens with one attached hydrogen (secondary N) is 1. The Labute approximate surface area is 111 Å². The molecule has 2 aromatic rings. The van der Waals surface area contributed by atoms with Gasteiger partial charge < -0.3 is 0 Å². The summed E-state index contributed by atoms with van der Waals surface area (Å²) in [4.78, 5) is -0.0153. The predicted octanol–water partition coefficient (Wildman–Crippen LogP) is 1.68. The molecule has 102 valence electrons. The van der Waals surface area contributed by atoms with Gasteiger partial charge in [-0.3, -0.25) is 5.10 Å². The van der Waals surface area contributed by atoms with E-state index in [1.165, 1.54) is 23.5 Å². The van der Waals surface area contributed by atoms with Gasteiger partial charge in [0.15, 0.2) is 0 Å². The monoisotopic (exact) mass is 283 g/mol. The van der Waals surface area contributed by atoms with Crippen molar-refractivity contribution in [2.45, 2.75) is 18.4 Å². The molecular weight excluding hydrogens is 269 g/mol. The lowest BCUT2D eigenvalue weighted by molar-refractivity contribution is 0.465. The lowest BCUT2D eigenvalue weighted by Crippen LogP contribution is -2.27. The summed E-state index contributed by atoms with van der Waals surface area (Å²) in [5.41, 5.74) is 1.25. The van der Waals surface area contributed by atoms with Crippen LogP contribution in [0.4, 0.5) is 4.39 Å². The minimum Gasteiger partial charge on any atom is -0.285 e. The molecule has 19 heavy (non-hydrogen) atoms. The SMILES string of the molecule is Cc1ccc(F)cc1S(=O)(=O)N(C)Cc1cn[nH]c1. The number of halogens is 1. The first-order valence-electron chi connectivity index (χ1n) is 5.61. The number of aromatic amines is 1. The molecule has 5 nitrogen and oxygen atoms in total. The Balaban J connectivity index is 2.33. The number of benzene rings is 1. The first-order valence-corrected chi connectivity index (χ1v) is 7.05. The van der Waals surface area contributed by atoms with E-state index in [4.69, 9.17) is 0 Å². The number of H-pyrrole nitrogens is 1. The largest absolute Gasteiger partial charge is 0.285 e. The second-order valence-electron chi connectivity index (χ2n) is 4.28. The van der Waals surface area contributed by atoms with E-state index in [2.05, 4.69) is 10.2 Å². The summed E-state index contributed by atoms with van der Waals surface area (Å²) in [7, 11) is -2.27. The molecule has 1 aromatic carbocycles. The van der Waals surface area contributed by atoms with Gasteiger partial charge in [0.2, 0.25) is 10.0 Å². The van der Waals surface area contributed by atoms with Crippen molar-refractivity contribution in [3.8, 4) is 0 Å². The number of aryl methyl sites for hydroxylation is 1. The topological polar surface area (TPSA) is 66.1 Å². The number of hydrogen-bond donors (Lipinski definition) is 1. The van der Waals surface area contributed by atoms with Crippen LogP contribution in [0.5, 0.6) is 0 Å². The molecule has 0 saturated carbocycles. The molecule has 1 N–H and O–H groups in total. The second-order valence-corrected chi connectivity index (χ2v) is 6.29. The fraction of sp³-hybridized carbons (Fsp3) is 0.250. The van der Waals surface area contributed by atoms with Gasteiger partial charge in [-0.25, -0.2) is 12.8 Å². The summed E-state index contributed by atoms with van der Waals surface area (Å²) >= 11 is 0. The Morgan fingerprint density at radius 2 is 2.16 bits per heavy atom. The van der Waals surface area contributed by atoms with E-state index < -0.39 is 15.8 Å². The zero-order valence-electron chi connectivity index (χ0n) is 10.6. The lowest BCUT2D eigenvalue weighted by Gasteiger charge is -2.17. The molecule has 0 atom stereocenters. The lowest BCUT2D eigenvalue weighted by atomic mass is 10.2. The van der Waals surface area contributed by atoms with Crippen molar-refractivity contribution < 1.29 is 12.8 Å². The van der Waals surface area contributed by atoms with Crippen molar-refractivity contribution in [3.63, 3.8) is 0 Å². The van der Waals surface area contributed by atoms with Crippen LogP contribution in [0.1, 0.15) is 11.1 Å². The minimum absolute atomic E-state index is 0.0153. The molecule has 0 fully saturated rings. The Hall–Kier alpha value is -1.73. The average molecular weight is 283 g/mol. The average Bonchev–Trinajstić information content (AvgIpc) is 2.85. The molecule has 0 aliphatic rings. The van der Waals surface area contributed by atoms with Crippen molar-refractivity contribution in [2.24, 2.45) is 0 Å². The van der Waals surface area contributed by atoms with Crippen molar-refractivity contribution in [1.82, 2.24) is 14.5 Å². The number of rotatable bonds is 4. The van der Waals surface area contributed by atoms with Crippen LogP contribution < -0.4 is 0 Å². The highest BCUT2D eigenvalue weighted by Crippen LogP contribution is 2.21. The first kappa shape index (κ1) is 13.7. The van der Waals surface area contributed by atoms with E-state index in [1.807, 2.05) is 0 Å². The van der Waals surface area contributed by atoms with E-state index >= 15 is 0 Å². The van der Waals surface area contributed by atoms with Crippen molar-refractivity contribution >= 4 is 10.0 Å². The third-order valence-corrected chi connectivity index (χ3v) is 4.74. The van der Waals surface area contributed by atoms with Gasteiger partial charge in [-0.1, -0.05) is 6.07 Å². The summed E-state index contributed by atoms with van der Waals surface area (Å²) in [5, 5.41) is 6.37. The van der Waals surface area contributed by atoms with Crippen molar-refractivity contribution in [3.05, 3.63) is 47.5 Å². The van der Waals surface area contributed by atoms with Crippen molar-refractivity contribution in [1.29, 1.82) is 0 Å². The zero-order chi connectivity index (χ0) is 14.0. The number of hydrogen-bond acceptors (Lipinski definition) is 3. The molecule has 0 unspecified atom stereocenters. The van der Waals surface area contributed by atoms with Crippen LogP contribution in [0, 0.1) is 12.7 Å². The normalized spacial score (nSPS) is 12.0. The van der Waals surface area contributed by atoms with E-state index in [0.29, 0.717) is 5.56 Å². The number of nitrogens with zero attached hydrogens (tertiary/aromatic N) is 2. The second kappa shape index (κ2) is 5.10. The highest BCUT2D eigenvalue weighted by molar-refractivity contribution is 7.89. The smallest absolute Gasteiger partial charge is 0.243 e. The van der Waals surface area contributed by atoms with E-state index in [9.17, 15) is 12.8 Å². The van der Waals surface area contributed by atoms with Crippen LogP contribution in [-0.2, 0) is 16.6 Å². The summed E-state index contributed by atoms with van der Waals surface area (Å²) in [6.07, 6.45) is 3.16. The molecule has 0 saturated heterocycles. The van der Waals surface area contributed by atoms with E-state index in [-0.39, 0.29) is 11.4 Å². The van der Waals surface area contributed by atoms with Crippen LogP contribution in [-0.4, -0.2) is 30.0 Å². The highest BCUT2D eigenvalue weighted by atomic mass is 32.2. The summed E-state index contributed by atoms with van der Waals surface area (Å²) in [6, 6.07) is 3.73. The Morgan fingerprint density at radius 1 is 1.42 bits per heavy atom. The summed E-state index contributed by atoms with van der Waals surface area (Å²) in [6.45, 7) is 1.81. The van der Waals surface area contributed by atoms with E-state index in [1.54, 1.807) is 19.3 Å². The van der Waals surface area contributed by atoms with Crippen LogP contribution in [0.3, 0.4) is 0 Å². The Kier molecular flexibility index (Phi) is 3.68. The molecule has 2 rings (SSSR count). The maximum Gasteiger partial charge on any atom is 0.243 e. The molecule has 0 radical (unpaired) electrons. The third kappa shape index (κ3) is 2.82. The quantitative estimate of drug-likeness (QED) is 0.928. The highest BCUT2D eigenvalue weighted by Gasteiger charge is 2.23. The van der Waals surface area contributed by atoms with Gasteiger partial charge in [0.1, 0.15) is 5.82 Å². The maximum atomic E-state index is 13.2. The molecule has 0 amide bonds. The summed E-state index contributed by atoms with van der Waals surface area (Å²) < 4.78 is 39.1. The molecular formula is C12H14FN3O2S. The van der Waals surface area contributed by atoms with Gasteiger partial charge in [0.25, 0.3) is 0 Å². The summed E-state index contributed by atoms with van der Waals surface area (Å²) in [5.74, 6) is -0.569. The minimum atomic E-state index is -3.72. The van der Waals surface area contributed by atoms with Gasteiger partial charge >= 0.3 is 0 Å². The van der Waals surface area contributed by atoms with Gasteiger partial charge in [-0.05, 0) is 24.6 Å². The van der Waals surface area contributed by atoms with Crippen LogP contribution in [0.15, 0.2) is 35.5 Å². The number of sulfonamides is 1. The molecule has 0 bridgehead atoms. The van der Waals surface area contributed by atoms with Crippen molar-refractivity contribution in [2.75, 3.05) is 7.05 Å². The Morgan fingerprint density at radius 3 is 2.79 bits per heavy atom. The van der Waals surface area contributed by atoms with Gasteiger partial charge in [0.05, 0.1) is 11.1 Å². The van der Waals surface area contributed by atoms with Gasteiger partial charge in [0, 0.05) is 25.4 Å². The van der Waals surface area contributed by atoms with Gasteiger partial charge in [-0.15, -0.1) is 0 Å². The molecule has 0 aliphatic carbocycles. The predicted molar refractivity (Wildman–Crippen MR) is 68.4 cm³/mol. The molecule has 0 aliphatic heterocycles. The number of aromatic nitrogens is 2.